The molecule has 0 fully saturated rings. The maximum absolute atomic E-state index is 10.8. The highest BCUT2D eigenvalue weighted by molar-refractivity contribution is 5.85. The number of pyridine rings is 1. The number of nitrogens with zero attached hydrogens (tertiary/aromatic N) is 3. The first kappa shape index (κ1) is 10.4. The zero-order chi connectivity index (χ0) is 11.7. The second-order valence-corrected chi connectivity index (χ2v) is 3.53. The molecule has 0 radical (unpaired) electrons. The molecule has 5 heteroatoms. The number of aryl methyl sites for hydroxylation is 2. The number of aromatic carboxylic acids is 1. The monoisotopic (exact) mass is 217 g/mol. The minimum atomic E-state index is -1.04. The lowest BCUT2D eigenvalue weighted by atomic mass is 10.3. The third kappa shape index (κ3) is 1.79. The van der Waals surface area contributed by atoms with E-state index in [9.17, 15) is 4.79 Å². The highest BCUT2D eigenvalue weighted by Crippen LogP contribution is 2.10. The summed E-state index contributed by atoms with van der Waals surface area (Å²) in [5.41, 5.74) is 1.82. The van der Waals surface area contributed by atoms with Gasteiger partial charge in [-0.15, -0.1) is 0 Å². The SMILES string of the molecule is Cc1cc(C)n(-c2cccc(C(=O)O)n2)n1. The van der Waals surface area contributed by atoms with Crippen LogP contribution in [0.2, 0.25) is 0 Å². The molecule has 16 heavy (non-hydrogen) atoms. The lowest BCUT2D eigenvalue weighted by Crippen LogP contribution is -2.06. The summed E-state index contributed by atoms with van der Waals surface area (Å²) in [5.74, 6) is -0.520. The van der Waals surface area contributed by atoms with Crippen molar-refractivity contribution in [3.8, 4) is 5.82 Å². The van der Waals surface area contributed by atoms with Crippen molar-refractivity contribution in [2.24, 2.45) is 0 Å². The van der Waals surface area contributed by atoms with Crippen molar-refractivity contribution >= 4 is 5.97 Å². The average Bonchev–Trinajstić information content (AvgIpc) is 2.58. The van der Waals surface area contributed by atoms with Gasteiger partial charge in [0.1, 0.15) is 0 Å². The molecule has 0 aliphatic carbocycles. The van der Waals surface area contributed by atoms with Gasteiger partial charge in [-0.25, -0.2) is 14.5 Å². The summed E-state index contributed by atoms with van der Waals surface area (Å²) in [6.07, 6.45) is 0. The Labute approximate surface area is 92.4 Å². The van der Waals surface area contributed by atoms with E-state index in [0.717, 1.165) is 11.4 Å². The first-order valence-corrected chi connectivity index (χ1v) is 4.82. The molecular weight excluding hydrogens is 206 g/mol. The quantitative estimate of drug-likeness (QED) is 0.829. The molecule has 82 valence electrons. The van der Waals surface area contributed by atoms with Gasteiger partial charge in [0.25, 0.3) is 0 Å². The molecular formula is C11H11N3O2. The maximum Gasteiger partial charge on any atom is 0.354 e. The van der Waals surface area contributed by atoms with E-state index in [-0.39, 0.29) is 5.69 Å². The van der Waals surface area contributed by atoms with Crippen molar-refractivity contribution in [3.63, 3.8) is 0 Å². The third-order valence-electron chi connectivity index (χ3n) is 2.18. The van der Waals surface area contributed by atoms with Crippen LogP contribution in [0, 0.1) is 13.8 Å². The Morgan fingerprint density at radius 2 is 2.12 bits per heavy atom. The average molecular weight is 217 g/mol. The van der Waals surface area contributed by atoms with E-state index in [1.54, 1.807) is 16.8 Å². The van der Waals surface area contributed by atoms with Crippen LogP contribution >= 0.6 is 0 Å². The molecule has 0 aliphatic rings. The Hall–Kier alpha value is -2.17. The van der Waals surface area contributed by atoms with Crippen molar-refractivity contribution in [2.75, 3.05) is 0 Å². The van der Waals surface area contributed by atoms with Gasteiger partial charge in [-0.2, -0.15) is 5.10 Å². The molecule has 2 aromatic heterocycles. The van der Waals surface area contributed by atoms with Crippen LogP contribution in [0.4, 0.5) is 0 Å². The van der Waals surface area contributed by atoms with E-state index < -0.39 is 5.97 Å². The molecule has 2 heterocycles. The summed E-state index contributed by atoms with van der Waals surface area (Å²) in [6.45, 7) is 3.78. The Morgan fingerprint density at radius 3 is 2.69 bits per heavy atom. The van der Waals surface area contributed by atoms with E-state index in [0.29, 0.717) is 5.82 Å². The summed E-state index contributed by atoms with van der Waals surface area (Å²) >= 11 is 0. The maximum atomic E-state index is 10.8. The molecule has 0 amide bonds. The van der Waals surface area contributed by atoms with Crippen LogP contribution in [0.5, 0.6) is 0 Å². The summed E-state index contributed by atoms with van der Waals surface area (Å²) in [7, 11) is 0. The predicted octanol–water partition coefficient (Wildman–Crippen LogP) is 1.58. The Kier molecular flexibility index (Phi) is 2.44. The van der Waals surface area contributed by atoms with E-state index in [4.69, 9.17) is 5.11 Å². The molecule has 0 bridgehead atoms. The highest BCUT2D eigenvalue weighted by atomic mass is 16.4. The van der Waals surface area contributed by atoms with Crippen LogP contribution < -0.4 is 0 Å². The minimum absolute atomic E-state index is 0.0186. The predicted molar refractivity (Wildman–Crippen MR) is 57.8 cm³/mol. The van der Waals surface area contributed by atoms with E-state index in [1.807, 2.05) is 19.9 Å². The highest BCUT2D eigenvalue weighted by Gasteiger charge is 2.08. The van der Waals surface area contributed by atoms with E-state index in [1.165, 1.54) is 6.07 Å². The molecule has 0 aliphatic heterocycles. The molecule has 0 atom stereocenters. The lowest BCUT2D eigenvalue weighted by Gasteiger charge is -2.03. The lowest BCUT2D eigenvalue weighted by molar-refractivity contribution is 0.0690. The van der Waals surface area contributed by atoms with Crippen LogP contribution in [-0.4, -0.2) is 25.8 Å². The smallest absolute Gasteiger partial charge is 0.354 e. The number of carboxylic acids is 1. The fourth-order valence-corrected chi connectivity index (χ4v) is 1.52. The Balaban J connectivity index is 2.52. The standard InChI is InChI=1S/C11H11N3O2/c1-7-6-8(2)14(13-7)10-5-3-4-9(12-10)11(15)16/h3-6H,1-2H3,(H,15,16). The van der Waals surface area contributed by atoms with Gasteiger partial charge >= 0.3 is 5.97 Å². The second-order valence-electron chi connectivity index (χ2n) is 3.53. The Morgan fingerprint density at radius 1 is 1.38 bits per heavy atom. The first-order valence-electron chi connectivity index (χ1n) is 4.82. The van der Waals surface area contributed by atoms with Gasteiger partial charge in [0.15, 0.2) is 11.5 Å². The molecule has 0 saturated carbocycles. The summed E-state index contributed by atoms with van der Waals surface area (Å²) in [4.78, 5) is 14.8. The molecule has 1 N–H and O–H groups in total. The van der Waals surface area contributed by atoms with Crippen molar-refractivity contribution < 1.29 is 9.90 Å². The van der Waals surface area contributed by atoms with Crippen molar-refractivity contribution in [3.05, 3.63) is 41.3 Å². The fourth-order valence-electron chi connectivity index (χ4n) is 1.52. The molecule has 0 unspecified atom stereocenters. The topological polar surface area (TPSA) is 68.0 Å². The van der Waals surface area contributed by atoms with Gasteiger partial charge in [-0.3, -0.25) is 0 Å². The number of hydrogen-bond donors (Lipinski definition) is 1. The zero-order valence-corrected chi connectivity index (χ0v) is 9.01. The number of carbonyl (C=O) groups is 1. The molecule has 0 spiro atoms. The number of aromatic nitrogens is 3. The summed E-state index contributed by atoms with van der Waals surface area (Å²) < 4.78 is 1.63. The van der Waals surface area contributed by atoms with Gasteiger partial charge < -0.3 is 5.11 Å². The normalized spacial score (nSPS) is 10.4. The van der Waals surface area contributed by atoms with Crippen LogP contribution in [0.1, 0.15) is 21.9 Å². The number of carboxylic acid groups (broad SMARTS) is 1. The number of hydrogen-bond acceptors (Lipinski definition) is 3. The van der Waals surface area contributed by atoms with Gasteiger partial charge in [0, 0.05) is 5.69 Å². The molecule has 0 saturated heterocycles. The van der Waals surface area contributed by atoms with Crippen LogP contribution in [0.25, 0.3) is 5.82 Å². The van der Waals surface area contributed by atoms with E-state index in [2.05, 4.69) is 10.1 Å². The zero-order valence-electron chi connectivity index (χ0n) is 9.01. The van der Waals surface area contributed by atoms with Crippen molar-refractivity contribution in [1.82, 2.24) is 14.8 Å². The van der Waals surface area contributed by atoms with Crippen LogP contribution in [0.3, 0.4) is 0 Å². The molecule has 2 rings (SSSR count). The van der Waals surface area contributed by atoms with E-state index >= 15 is 0 Å². The fraction of sp³-hybridized carbons (Fsp3) is 0.182. The second kappa shape index (κ2) is 3.77. The summed E-state index contributed by atoms with van der Waals surface area (Å²) in [6, 6.07) is 6.75. The van der Waals surface area contributed by atoms with Crippen molar-refractivity contribution in [1.29, 1.82) is 0 Å². The summed E-state index contributed by atoms with van der Waals surface area (Å²) in [5, 5.41) is 13.1. The molecule has 0 aromatic carbocycles. The molecule has 5 nitrogen and oxygen atoms in total. The number of rotatable bonds is 2. The van der Waals surface area contributed by atoms with Crippen molar-refractivity contribution in [2.45, 2.75) is 13.8 Å². The first-order chi connectivity index (χ1) is 7.58. The van der Waals surface area contributed by atoms with Gasteiger partial charge in [-0.1, -0.05) is 6.07 Å². The van der Waals surface area contributed by atoms with Gasteiger partial charge in [-0.05, 0) is 32.0 Å². The van der Waals surface area contributed by atoms with Gasteiger partial charge in [0.2, 0.25) is 0 Å². The van der Waals surface area contributed by atoms with Gasteiger partial charge in [0.05, 0.1) is 5.69 Å². The Bertz CT molecular complexity index is 546. The largest absolute Gasteiger partial charge is 0.477 e. The minimum Gasteiger partial charge on any atom is -0.477 e. The molecule has 2 aromatic rings. The van der Waals surface area contributed by atoms with Crippen LogP contribution in [-0.2, 0) is 0 Å². The third-order valence-corrected chi connectivity index (χ3v) is 2.18. The van der Waals surface area contributed by atoms with Crippen LogP contribution in [0.15, 0.2) is 24.3 Å².